The third kappa shape index (κ3) is 2.58. The molecule has 0 saturated carbocycles. The second-order valence-electron chi connectivity index (χ2n) is 3.82. The van der Waals surface area contributed by atoms with E-state index in [1.807, 2.05) is 0 Å². The van der Waals surface area contributed by atoms with Crippen LogP contribution in [-0.2, 0) is 6.18 Å². The van der Waals surface area contributed by atoms with Crippen molar-refractivity contribution in [3.8, 4) is 11.3 Å². The second-order valence-corrected chi connectivity index (χ2v) is 3.82. The molecule has 2 aromatic rings. The Bertz CT molecular complexity index is 671. The predicted octanol–water partition coefficient (Wildman–Crippen LogP) is 3.81. The number of rotatable bonds is 2. The van der Waals surface area contributed by atoms with Crippen LogP contribution < -0.4 is 0 Å². The quantitative estimate of drug-likeness (QED) is 0.479. The third-order valence-electron chi connectivity index (χ3n) is 2.52. The SMILES string of the molecule is O=[N+]([O-])c1cc(F)cnc1-c1ccccc1C(F)(F)F. The zero-order valence-corrected chi connectivity index (χ0v) is 9.69. The molecule has 0 amide bonds. The Labute approximate surface area is 109 Å². The number of alkyl halides is 3. The lowest BCUT2D eigenvalue weighted by Gasteiger charge is -2.12. The fourth-order valence-electron chi connectivity index (χ4n) is 1.71. The van der Waals surface area contributed by atoms with Crippen molar-refractivity contribution in [2.45, 2.75) is 6.18 Å². The molecule has 0 aliphatic heterocycles. The summed E-state index contributed by atoms with van der Waals surface area (Å²) in [5.74, 6) is -0.995. The van der Waals surface area contributed by atoms with Gasteiger partial charge in [-0.25, -0.2) is 9.37 Å². The summed E-state index contributed by atoms with van der Waals surface area (Å²) in [5.41, 5.74) is -2.88. The average molecular weight is 286 g/mol. The molecule has 2 rings (SSSR count). The normalized spacial score (nSPS) is 11.4. The summed E-state index contributed by atoms with van der Waals surface area (Å²) in [6.45, 7) is 0. The van der Waals surface area contributed by atoms with Crippen molar-refractivity contribution in [2.75, 3.05) is 0 Å². The highest BCUT2D eigenvalue weighted by Gasteiger charge is 2.35. The van der Waals surface area contributed by atoms with Gasteiger partial charge in [0.2, 0.25) is 0 Å². The predicted molar refractivity (Wildman–Crippen MR) is 61.3 cm³/mol. The van der Waals surface area contributed by atoms with Gasteiger partial charge in [0, 0.05) is 5.56 Å². The van der Waals surface area contributed by atoms with E-state index in [4.69, 9.17) is 0 Å². The molecule has 0 spiro atoms. The highest BCUT2D eigenvalue weighted by atomic mass is 19.4. The third-order valence-corrected chi connectivity index (χ3v) is 2.52. The van der Waals surface area contributed by atoms with Gasteiger partial charge in [-0.1, -0.05) is 18.2 Å². The van der Waals surface area contributed by atoms with Crippen LogP contribution in [0.25, 0.3) is 11.3 Å². The Balaban J connectivity index is 2.73. The molecule has 1 aromatic heterocycles. The van der Waals surface area contributed by atoms with Crippen LogP contribution >= 0.6 is 0 Å². The lowest BCUT2D eigenvalue weighted by atomic mass is 10.0. The summed E-state index contributed by atoms with van der Waals surface area (Å²) in [4.78, 5) is 13.3. The van der Waals surface area contributed by atoms with E-state index in [1.165, 1.54) is 6.07 Å². The number of nitro groups is 1. The molecule has 0 atom stereocenters. The van der Waals surface area contributed by atoms with Gasteiger partial charge in [-0.15, -0.1) is 0 Å². The van der Waals surface area contributed by atoms with E-state index in [2.05, 4.69) is 4.98 Å². The summed E-state index contributed by atoms with van der Waals surface area (Å²) < 4.78 is 51.6. The van der Waals surface area contributed by atoms with Gasteiger partial charge in [-0.05, 0) is 6.07 Å². The number of hydrogen-bond acceptors (Lipinski definition) is 3. The van der Waals surface area contributed by atoms with E-state index < -0.39 is 39.4 Å². The summed E-state index contributed by atoms with van der Waals surface area (Å²) in [5, 5.41) is 10.8. The van der Waals surface area contributed by atoms with Gasteiger partial charge in [-0.2, -0.15) is 13.2 Å². The van der Waals surface area contributed by atoms with Crippen molar-refractivity contribution in [1.82, 2.24) is 4.98 Å². The monoisotopic (exact) mass is 286 g/mol. The van der Waals surface area contributed by atoms with Crippen LogP contribution in [0, 0.1) is 15.9 Å². The highest BCUT2D eigenvalue weighted by molar-refractivity contribution is 5.72. The molecule has 0 aliphatic carbocycles. The fourth-order valence-corrected chi connectivity index (χ4v) is 1.71. The van der Waals surface area contributed by atoms with Gasteiger partial charge in [0.25, 0.3) is 5.69 Å². The zero-order chi connectivity index (χ0) is 14.9. The molecule has 0 fully saturated rings. The molecular formula is C12H6F4N2O2. The van der Waals surface area contributed by atoms with Gasteiger partial charge in [0.05, 0.1) is 22.7 Å². The maximum absolute atomic E-state index is 13.0. The summed E-state index contributed by atoms with van der Waals surface area (Å²) in [6.07, 6.45) is -4.06. The van der Waals surface area contributed by atoms with E-state index in [0.717, 1.165) is 18.2 Å². The molecule has 1 aromatic carbocycles. The van der Waals surface area contributed by atoms with Gasteiger partial charge in [0.1, 0.15) is 11.5 Å². The smallest absolute Gasteiger partial charge is 0.258 e. The Morgan fingerprint density at radius 2 is 1.85 bits per heavy atom. The van der Waals surface area contributed by atoms with Crippen molar-refractivity contribution in [2.24, 2.45) is 0 Å². The Morgan fingerprint density at radius 3 is 2.45 bits per heavy atom. The molecule has 0 radical (unpaired) electrons. The molecule has 0 unspecified atom stereocenters. The fraction of sp³-hybridized carbons (Fsp3) is 0.0833. The molecule has 1 heterocycles. The van der Waals surface area contributed by atoms with Crippen LogP contribution in [-0.4, -0.2) is 9.91 Å². The van der Waals surface area contributed by atoms with Gasteiger partial charge >= 0.3 is 6.18 Å². The Morgan fingerprint density at radius 1 is 1.20 bits per heavy atom. The molecular weight excluding hydrogens is 280 g/mol. The summed E-state index contributed by atoms with van der Waals surface area (Å²) in [7, 11) is 0. The summed E-state index contributed by atoms with van der Waals surface area (Å²) in [6, 6.07) is 4.82. The van der Waals surface area contributed by atoms with E-state index in [9.17, 15) is 27.7 Å². The molecule has 0 aliphatic rings. The first-order valence-electron chi connectivity index (χ1n) is 5.27. The second kappa shape index (κ2) is 4.87. The molecule has 20 heavy (non-hydrogen) atoms. The first-order valence-corrected chi connectivity index (χ1v) is 5.27. The number of pyridine rings is 1. The molecule has 4 nitrogen and oxygen atoms in total. The van der Waals surface area contributed by atoms with Gasteiger partial charge < -0.3 is 0 Å². The standard InChI is InChI=1S/C12H6F4N2O2/c13-7-5-10(18(19)20)11(17-6-7)8-3-1-2-4-9(8)12(14,15)16/h1-6H. The van der Waals surface area contributed by atoms with Crippen molar-refractivity contribution >= 4 is 5.69 Å². The number of halogens is 4. The topological polar surface area (TPSA) is 56.0 Å². The molecule has 104 valence electrons. The molecule has 0 bridgehead atoms. The van der Waals surface area contributed by atoms with E-state index in [-0.39, 0.29) is 0 Å². The van der Waals surface area contributed by atoms with Crippen molar-refractivity contribution in [3.63, 3.8) is 0 Å². The largest absolute Gasteiger partial charge is 0.417 e. The zero-order valence-electron chi connectivity index (χ0n) is 9.69. The number of benzene rings is 1. The van der Waals surface area contributed by atoms with Crippen LogP contribution in [0.5, 0.6) is 0 Å². The van der Waals surface area contributed by atoms with Crippen molar-refractivity contribution in [1.29, 1.82) is 0 Å². The van der Waals surface area contributed by atoms with Crippen molar-refractivity contribution < 1.29 is 22.5 Å². The first-order chi connectivity index (χ1) is 9.30. The van der Waals surface area contributed by atoms with Crippen LogP contribution in [0.2, 0.25) is 0 Å². The maximum atomic E-state index is 13.0. The van der Waals surface area contributed by atoms with Gasteiger partial charge in [0.15, 0.2) is 0 Å². The van der Waals surface area contributed by atoms with Crippen LogP contribution in [0.1, 0.15) is 5.56 Å². The average Bonchev–Trinajstić information content (AvgIpc) is 2.37. The Hall–Kier alpha value is -2.51. The minimum atomic E-state index is -4.69. The lowest BCUT2D eigenvalue weighted by Crippen LogP contribution is -2.08. The van der Waals surface area contributed by atoms with E-state index in [1.54, 1.807) is 0 Å². The van der Waals surface area contributed by atoms with E-state index >= 15 is 0 Å². The molecule has 0 N–H and O–H groups in total. The van der Waals surface area contributed by atoms with Gasteiger partial charge in [-0.3, -0.25) is 10.1 Å². The number of nitrogens with zero attached hydrogens (tertiary/aromatic N) is 2. The lowest BCUT2D eigenvalue weighted by molar-refractivity contribution is -0.384. The Kier molecular flexibility index (Phi) is 3.39. The summed E-state index contributed by atoms with van der Waals surface area (Å²) >= 11 is 0. The van der Waals surface area contributed by atoms with Crippen LogP contribution in [0.3, 0.4) is 0 Å². The number of aromatic nitrogens is 1. The minimum Gasteiger partial charge on any atom is -0.258 e. The van der Waals surface area contributed by atoms with E-state index in [0.29, 0.717) is 12.3 Å². The molecule has 8 heteroatoms. The van der Waals surface area contributed by atoms with Crippen LogP contribution in [0.4, 0.5) is 23.2 Å². The van der Waals surface area contributed by atoms with Crippen LogP contribution in [0.15, 0.2) is 36.5 Å². The first kappa shape index (κ1) is 13.9. The number of hydrogen-bond donors (Lipinski definition) is 0. The van der Waals surface area contributed by atoms with Crippen molar-refractivity contribution in [3.05, 3.63) is 58.0 Å². The minimum absolute atomic E-state index is 0.466. The highest BCUT2D eigenvalue weighted by Crippen LogP contribution is 2.39. The maximum Gasteiger partial charge on any atom is 0.417 e. The molecule has 0 saturated heterocycles.